The summed E-state index contributed by atoms with van der Waals surface area (Å²) in [6.07, 6.45) is 0. The molecule has 0 aliphatic carbocycles. The van der Waals surface area contributed by atoms with E-state index in [0.29, 0.717) is 0 Å². The molecule has 1 heterocycles. The fourth-order valence-corrected chi connectivity index (χ4v) is 3.19. The topological polar surface area (TPSA) is 40.5 Å². The van der Waals surface area contributed by atoms with Crippen molar-refractivity contribution in [2.45, 2.75) is 39.7 Å². The van der Waals surface area contributed by atoms with Gasteiger partial charge in [-0.15, -0.1) is 35.3 Å². The summed E-state index contributed by atoms with van der Waals surface area (Å²) in [6.45, 7) is 10.2. The predicted molar refractivity (Wildman–Crippen MR) is 119 cm³/mol. The number of aryl methyl sites for hydroxylation is 2. The quantitative estimate of drug-likeness (QED) is 0.400. The molecule has 0 atom stereocenters. The highest BCUT2D eigenvalue weighted by Gasteiger charge is 2.21. The maximum atomic E-state index is 4.53. The molecule has 138 valence electrons. The SMILES string of the molecule is CN=C(NCC(C)(C)c1ccc(C)cc1)N(C)Cc1csc(C)n1.I. The van der Waals surface area contributed by atoms with Gasteiger partial charge in [0.15, 0.2) is 5.96 Å². The first kappa shape index (κ1) is 21.9. The van der Waals surface area contributed by atoms with Crippen molar-refractivity contribution in [1.29, 1.82) is 0 Å². The molecular formula is C19H29IN4S. The van der Waals surface area contributed by atoms with E-state index in [2.05, 4.69) is 70.6 Å². The molecule has 0 amide bonds. The number of benzene rings is 1. The van der Waals surface area contributed by atoms with Gasteiger partial charge in [-0.1, -0.05) is 43.7 Å². The normalized spacial score (nSPS) is 11.8. The van der Waals surface area contributed by atoms with Crippen LogP contribution in [0.25, 0.3) is 0 Å². The van der Waals surface area contributed by atoms with Crippen LogP contribution >= 0.6 is 35.3 Å². The molecule has 0 unspecified atom stereocenters. The average molecular weight is 472 g/mol. The Morgan fingerprint density at radius 1 is 1.24 bits per heavy atom. The zero-order valence-electron chi connectivity index (χ0n) is 16.0. The zero-order chi connectivity index (χ0) is 17.7. The highest BCUT2D eigenvalue weighted by atomic mass is 127. The van der Waals surface area contributed by atoms with Gasteiger partial charge in [0.1, 0.15) is 0 Å². The molecule has 6 heteroatoms. The number of aromatic nitrogens is 1. The molecule has 4 nitrogen and oxygen atoms in total. The molecule has 0 saturated heterocycles. The van der Waals surface area contributed by atoms with Crippen molar-refractivity contribution >= 4 is 41.3 Å². The highest BCUT2D eigenvalue weighted by Crippen LogP contribution is 2.22. The van der Waals surface area contributed by atoms with Crippen molar-refractivity contribution in [3.8, 4) is 0 Å². The summed E-state index contributed by atoms with van der Waals surface area (Å²) >= 11 is 1.68. The summed E-state index contributed by atoms with van der Waals surface area (Å²) in [4.78, 5) is 11.0. The molecule has 0 fully saturated rings. The predicted octanol–water partition coefficient (Wildman–Crippen LogP) is 4.36. The van der Waals surface area contributed by atoms with Crippen LogP contribution < -0.4 is 5.32 Å². The Morgan fingerprint density at radius 3 is 2.40 bits per heavy atom. The first-order valence-electron chi connectivity index (χ1n) is 8.22. The number of aliphatic imine (C=N–C) groups is 1. The molecule has 0 saturated carbocycles. The summed E-state index contributed by atoms with van der Waals surface area (Å²) in [5.41, 5.74) is 3.73. The summed E-state index contributed by atoms with van der Waals surface area (Å²) in [6, 6.07) is 8.76. The lowest BCUT2D eigenvalue weighted by Gasteiger charge is -2.29. The second-order valence-corrected chi connectivity index (χ2v) is 7.93. The fourth-order valence-electron chi connectivity index (χ4n) is 2.59. The molecule has 1 aromatic carbocycles. The minimum atomic E-state index is 0. The van der Waals surface area contributed by atoms with Crippen LogP contribution in [-0.2, 0) is 12.0 Å². The van der Waals surface area contributed by atoms with E-state index in [1.807, 2.05) is 21.0 Å². The van der Waals surface area contributed by atoms with E-state index >= 15 is 0 Å². The number of thiazole rings is 1. The molecular weight excluding hydrogens is 443 g/mol. The van der Waals surface area contributed by atoms with Gasteiger partial charge < -0.3 is 10.2 Å². The number of hydrogen-bond acceptors (Lipinski definition) is 3. The van der Waals surface area contributed by atoms with Crippen LogP contribution in [0.2, 0.25) is 0 Å². The molecule has 0 spiro atoms. The Bertz CT molecular complexity index is 692. The van der Waals surface area contributed by atoms with Gasteiger partial charge in [-0.3, -0.25) is 4.99 Å². The van der Waals surface area contributed by atoms with Crippen LogP contribution in [-0.4, -0.2) is 36.5 Å². The Labute approximate surface area is 172 Å². The lowest BCUT2D eigenvalue weighted by molar-refractivity contribution is 0.445. The van der Waals surface area contributed by atoms with Gasteiger partial charge in [0.05, 0.1) is 17.2 Å². The van der Waals surface area contributed by atoms with Gasteiger partial charge in [0.25, 0.3) is 0 Å². The molecule has 0 radical (unpaired) electrons. The minimum Gasteiger partial charge on any atom is -0.355 e. The fraction of sp³-hybridized carbons (Fsp3) is 0.474. The summed E-state index contributed by atoms with van der Waals surface area (Å²) in [5, 5.41) is 6.71. The molecule has 0 bridgehead atoms. The van der Waals surface area contributed by atoms with Crippen molar-refractivity contribution in [3.63, 3.8) is 0 Å². The molecule has 1 N–H and O–H groups in total. The van der Waals surface area contributed by atoms with Gasteiger partial charge in [0, 0.05) is 31.4 Å². The lowest BCUT2D eigenvalue weighted by atomic mass is 9.84. The number of hydrogen-bond donors (Lipinski definition) is 1. The zero-order valence-corrected chi connectivity index (χ0v) is 19.1. The maximum Gasteiger partial charge on any atom is 0.193 e. The van der Waals surface area contributed by atoms with E-state index in [1.165, 1.54) is 11.1 Å². The van der Waals surface area contributed by atoms with Crippen LogP contribution in [0.5, 0.6) is 0 Å². The monoisotopic (exact) mass is 472 g/mol. The third-order valence-electron chi connectivity index (χ3n) is 4.16. The molecule has 2 rings (SSSR count). The summed E-state index contributed by atoms with van der Waals surface area (Å²) < 4.78 is 0. The van der Waals surface area contributed by atoms with E-state index in [4.69, 9.17) is 0 Å². The highest BCUT2D eigenvalue weighted by molar-refractivity contribution is 14.0. The Hall–Kier alpha value is -1.15. The van der Waals surface area contributed by atoms with Crippen molar-refractivity contribution in [3.05, 3.63) is 51.5 Å². The van der Waals surface area contributed by atoms with Crippen molar-refractivity contribution in [2.24, 2.45) is 4.99 Å². The van der Waals surface area contributed by atoms with E-state index in [9.17, 15) is 0 Å². The Balaban J connectivity index is 0.00000312. The smallest absolute Gasteiger partial charge is 0.193 e. The van der Waals surface area contributed by atoms with Crippen molar-refractivity contribution in [2.75, 3.05) is 20.6 Å². The van der Waals surface area contributed by atoms with E-state index < -0.39 is 0 Å². The first-order chi connectivity index (χ1) is 11.3. The van der Waals surface area contributed by atoms with Crippen LogP contribution in [0.15, 0.2) is 34.6 Å². The summed E-state index contributed by atoms with van der Waals surface area (Å²) in [7, 11) is 3.87. The molecule has 0 aliphatic rings. The lowest BCUT2D eigenvalue weighted by Crippen LogP contribution is -2.44. The van der Waals surface area contributed by atoms with E-state index in [1.54, 1.807) is 11.3 Å². The second-order valence-electron chi connectivity index (χ2n) is 6.86. The molecule has 2 aromatic rings. The minimum absolute atomic E-state index is 0. The van der Waals surface area contributed by atoms with Gasteiger partial charge >= 0.3 is 0 Å². The number of nitrogens with zero attached hydrogens (tertiary/aromatic N) is 3. The average Bonchev–Trinajstić information content (AvgIpc) is 2.93. The van der Waals surface area contributed by atoms with Gasteiger partial charge in [-0.25, -0.2) is 4.98 Å². The maximum absolute atomic E-state index is 4.53. The first-order valence-corrected chi connectivity index (χ1v) is 9.10. The number of halogens is 1. The van der Waals surface area contributed by atoms with E-state index in [-0.39, 0.29) is 29.4 Å². The van der Waals surface area contributed by atoms with Crippen LogP contribution in [0.3, 0.4) is 0 Å². The van der Waals surface area contributed by atoms with Gasteiger partial charge in [-0.2, -0.15) is 0 Å². The third kappa shape index (κ3) is 6.26. The van der Waals surface area contributed by atoms with Crippen molar-refractivity contribution < 1.29 is 0 Å². The largest absolute Gasteiger partial charge is 0.355 e. The number of guanidine groups is 1. The molecule has 25 heavy (non-hydrogen) atoms. The van der Waals surface area contributed by atoms with Crippen LogP contribution in [0.1, 0.15) is 35.7 Å². The van der Waals surface area contributed by atoms with Gasteiger partial charge in [-0.05, 0) is 19.4 Å². The summed E-state index contributed by atoms with van der Waals surface area (Å²) in [5.74, 6) is 0.890. The standard InChI is InChI=1S/C19H28N4S.HI/c1-14-7-9-16(10-8-14)19(3,4)13-21-18(20-5)23(6)11-17-12-24-15(2)22-17;/h7-10,12H,11,13H2,1-6H3,(H,20,21);1H. The third-order valence-corrected chi connectivity index (χ3v) is 4.98. The number of rotatable bonds is 5. The van der Waals surface area contributed by atoms with Crippen LogP contribution in [0.4, 0.5) is 0 Å². The molecule has 0 aliphatic heterocycles. The van der Waals surface area contributed by atoms with Crippen LogP contribution in [0, 0.1) is 13.8 Å². The van der Waals surface area contributed by atoms with E-state index in [0.717, 1.165) is 29.8 Å². The second kappa shape index (κ2) is 9.52. The van der Waals surface area contributed by atoms with Gasteiger partial charge in [0.2, 0.25) is 0 Å². The Morgan fingerprint density at radius 2 is 1.88 bits per heavy atom. The van der Waals surface area contributed by atoms with Crippen molar-refractivity contribution in [1.82, 2.24) is 15.2 Å². The Kier molecular flexibility index (Phi) is 8.34. The molecule has 1 aromatic heterocycles. The number of nitrogens with one attached hydrogen (secondary N) is 1.